The summed E-state index contributed by atoms with van der Waals surface area (Å²) >= 11 is 0. The third-order valence-corrected chi connectivity index (χ3v) is 2.41. The first-order valence-electron chi connectivity index (χ1n) is 4.30. The van der Waals surface area contributed by atoms with E-state index in [4.69, 9.17) is 5.14 Å². The molecular weight excluding hydrogens is 200 g/mol. The van der Waals surface area contributed by atoms with Crippen molar-refractivity contribution in [3.63, 3.8) is 0 Å². The van der Waals surface area contributed by atoms with Crippen LogP contribution in [0.15, 0.2) is 24.3 Å². The second kappa shape index (κ2) is 4.54. The molecule has 0 fully saturated rings. The van der Waals surface area contributed by atoms with Gasteiger partial charge in [0.25, 0.3) is 10.2 Å². The molecule has 0 saturated heterocycles. The van der Waals surface area contributed by atoms with Crippen LogP contribution in [0.2, 0.25) is 0 Å². The van der Waals surface area contributed by atoms with Crippen LogP contribution in [0.25, 0.3) is 0 Å². The molecule has 0 aliphatic heterocycles. The average Bonchev–Trinajstić information content (AvgIpc) is 2.01. The first kappa shape index (κ1) is 11.2. The van der Waals surface area contributed by atoms with E-state index >= 15 is 0 Å². The van der Waals surface area contributed by atoms with Crippen LogP contribution in [0.1, 0.15) is 11.1 Å². The molecule has 1 rings (SSSR count). The van der Waals surface area contributed by atoms with Crippen molar-refractivity contribution in [3.05, 3.63) is 35.4 Å². The summed E-state index contributed by atoms with van der Waals surface area (Å²) in [5.41, 5.74) is 2.26. The van der Waals surface area contributed by atoms with Crippen LogP contribution in [0.5, 0.6) is 0 Å². The highest BCUT2D eigenvalue weighted by Crippen LogP contribution is 2.03. The van der Waals surface area contributed by atoms with Gasteiger partial charge >= 0.3 is 0 Å². The maximum atomic E-state index is 10.6. The SMILES string of the molecule is Cc1cccc(CCNS(N)(=O)=O)c1. The Labute approximate surface area is 84.3 Å². The fourth-order valence-corrected chi connectivity index (χ4v) is 1.59. The maximum absolute atomic E-state index is 10.6. The molecule has 1 aromatic rings. The summed E-state index contributed by atoms with van der Waals surface area (Å²) in [7, 11) is -3.55. The van der Waals surface area contributed by atoms with Gasteiger partial charge in [0.05, 0.1) is 0 Å². The fourth-order valence-electron chi connectivity index (χ4n) is 1.21. The number of hydrogen-bond acceptors (Lipinski definition) is 2. The topological polar surface area (TPSA) is 72.2 Å². The summed E-state index contributed by atoms with van der Waals surface area (Å²) in [6.07, 6.45) is 0.651. The van der Waals surface area contributed by atoms with Crippen LogP contribution in [0.3, 0.4) is 0 Å². The molecule has 0 aliphatic rings. The van der Waals surface area contributed by atoms with Crippen LogP contribution < -0.4 is 9.86 Å². The van der Waals surface area contributed by atoms with Crippen molar-refractivity contribution in [1.29, 1.82) is 0 Å². The van der Waals surface area contributed by atoms with Crippen molar-refractivity contribution in [3.8, 4) is 0 Å². The minimum atomic E-state index is -3.55. The van der Waals surface area contributed by atoms with E-state index in [-0.39, 0.29) is 0 Å². The molecule has 0 aromatic heterocycles. The number of rotatable bonds is 4. The van der Waals surface area contributed by atoms with Crippen LogP contribution in [0.4, 0.5) is 0 Å². The average molecular weight is 214 g/mol. The third kappa shape index (κ3) is 4.36. The fraction of sp³-hybridized carbons (Fsp3) is 0.333. The molecule has 5 heteroatoms. The van der Waals surface area contributed by atoms with E-state index in [1.807, 2.05) is 31.2 Å². The van der Waals surface area contributed by atoms with Crippen LogP contribution in [-0.4, -0.2) is 15.0 Å². The highest BCUT2D eigenvalue weighted by Gasteiger charge is 2.00. The number of benzene rings is 1. The van der Waals surface area contributed by atoms with Gasteiger partial charge in [0.15, 0.2) is 0 Å². The molecular formula is C9H14N2O2S. The van der Waals surface area contributed by atoms with E-state index < -0.39 is 10.2 Å². The Bertz CT molecular complexity index is 401. The molecule has 14 heavy (non-hydrogen) atoms. The summed E-state index contributed by atoms with van der Waals surface area (Å²) in [5.74, 6) is 0. The highest BCUT2D eigenvalue weighted by atomic mass is 32.2. The first-order valence-corrected chi connectivity index (χ1v) is 5.85. The Morgan fingerprint density at radius 3 is 2.71 bits per heavy atom. The molecule has 0 heterocycles. The predicted octanol–water partition coefficient (Wildman–Crippen LogP) is 0.331. The standard InChI is InChI=1S/C9H14N2O2S/c1-8-3-2-4-9(7-8)5-6-11-14(10,12)13/h2-4,7,11H,5-6H2,1H3,(H2,10,12,13). The number of aryl methyl sites for hydroxylation is 1. The summed E-state index contributed by atoms with van der Waals surface area (Å²) in [6.45, 7) is 2.33. The monoisotopic (exact) mass is 214 g/mol. The van der Waals surface area contributed by atoms with Gasteiger partial charge in [-0.05, 0) is 18.9 Å². The van der Waals surface area contributed by atoms with Gasteiger partial charge in [-0.25, -0.2) is 9.86 Å². The van der Waals surface area contributed by atoms with E-state index in [1.54, 1.807) is 0 Å². The molecule has 4 nitrogen and oxygen atoms in total. The van der Waals surface area contributed by atoms with Gasteiger partial charge in [0, 0.05) is 6.54 Å². The molecule has 0 atom stereocenters. The summed E-state index contributed by atoms with van der Waals surface area (Å²) in [5, 5.41) is 4.79. The largest absolute Gasteiger partial charge is 0.274 e. The molecule has 78 valence electrons. The minimum Gasteiger partial charge on any atom is -0.216 e. The normalized spacial score (nSPS) is 11.6. The first-order chi connectivity index (χ1) is 6.47. The van der Waals surface area contributed by atoms with Crippen molar-refractivity contribution >= 4 is 10.2 Å². The van der Waals surface area contributed by atoms with Gasteiger partial charge in [-0.3, -0.25) is 0 Å². The lowest BCUT2D eigenvalue weighted by molar-refractivity contribution is 0.583. The Kier molecular flexibility index (Phi) is 3.62. The minimum absolute atomic E-state index is 0.336. The second-order valence-electron chi connectivity index (χ2n) is 3.18. The molecule has 0 amide bonds. The number of hydrogen-bond donors (Lipinski definition) is 2. The quantitative estimate of drug-likeness (QED) is 0.758. The summed E-state index contributed by atoms with van der Waals surface area (Å²) in [4.78, 5) is 0. The Hall–Kier alpha value is -0.910. The van der Waals surface area contributed by atoms with Gasteiger partial charge in [-0.15, -0.1) is 0 Å². The zero-order valence-corrected chi connectivity index (χ0v) is 8.84. The zero-order chi connectivity index (χ0) is 10.6. The van der Waals surface area contributed by atoms with Crippen molar-refractivity contribution < 1.29 is 8.42 Å². The van der Waals surface area contributed by atoms with Crippen molar-refractivity contribution in [2.24, 2.45) is 5.14 Å². The van der Waals surface area contributed by atoms with Gasteiger partial charge in [-0.2, -0.15) is 8.42 Å². The zero-order valence-electron chi connectivity index (χ0n) is 8.03. The van der Waals surface area contributed by atoms with Crippen molar-refractivity contribution in [1.82, 2.24) is 4.72 Å². The Morgan fingerprint density at radius 1 is 1.43 bits per heavy atom. The predicted molar refractivity (Wildman–Crippen MR) is 56.0 cm³/mol. The Morgan fingerprint density at radius 2 is 2.14 bits per heavy atom. The molecule has 0 radical (unpaired) electrons. The van der Waals surface area contributed by atoms with Gasteiger partial charge in [-0.1, -0.05) is 29.8 Å². The van der Waals surface area contributed by atoms with E-state index in [0.29, 0.717) is 13.0 Å². The van der Waals surface area contributed by atoms with E-state index in [1.165, 1.54) is 0 Å². The van der Waals surface area contributed by atoms with Gasteiger partial charge < -0.3 is 0 Å². The Balaban J connectivity index is 2.47. The molecule has 0 bridgehead atoms. The van der Waals surface area contributed by atoms with Crippen LogP contribution in [-0.2, 0) is 16.6 Å². The molecule has 0 aliphatic carbocycles. The van der Waals surface area contributed by atoms with E-state index in [9.17, 15) is 8.42 Å². The lowest BCUT2D eigenvalue weighted by atomic mass is 10.1. The molecule has 0 saturated carbocycles. The van der Waals surface area contributed by atoms with E-state index in [0.717, 1.165) is 11.1 Å². The lowest BCUT2D eigenvalue weighted by Crippen LogP contribution is -2.32. The second-order valence-corrected chi connectivity index (χ2v) is 4.56. The van der Waals surface area contributed by atoms with Gasteiger partial charge in [0.2, 0.25) is 0 Å². The van der Waals surface area contributed by atoms with Crippen molar-refractivity contribution in [2.75, 3.05) is 6.54 Å². The molecule has 0 spiro atoms. The maximum Gasteiger partial charge on any atom is 0.274 e. The van der Waals surface area contributed by atoms with Crippen LogP contribution >= 0.6 is 0 Å². The smallest absolute Gasteiger partial charge is 0.216 e. The number of nitrogens with two attached hydrogens (primary N) is 1. The molecule has 1 aromatic carbocycles. The molecule has 3 N–H and O–H groups in total. The van der Waals surface area contributed by atoms with Crippen molar-refractivity contribution in [2.45, 2.75) is 13.3 Å². The summed E-state index contributed by atoms with van der Waals surface area (Å²) < 4.78 is 23.3. The third-order valence-electron chi connectivity index (χ3n) is 1.80. The highest BCUT2D eigenvalue weighted by molar-refractivity contribution is 7.87. The van der Waals surface area contributed by atoms with Crippen LogP contribution in [0, 0.1) is 6.92 Å². The summed E-state index contributed by atoms with van der Waals surface area (Å²) in [6, 6.07) is 7.92. The van der Waals surface area contributed by atoms with Gasteiger partial charge in [0.1, 0.15) is 0 Å². The number of nitrogens with one attached hydrogen (secondary N) is 1. The molecule has 0 unspecified atom stereocenters. The van der Waals surface area contributed by atoms with E-state index in [2.05, 4.69) is 4.72 Å². The lowest BCUT2D eigenvalue weighted by Gasteiger charge is -2.03.